The predicted molar refractivity (Wildman–Crippen MR) is 118 cm³/mol. The fourth-order valence-corrected chi connectivity index (χ4v) is 4.22. The summed E-state index contributed by atoms with van der Waals surface area (Å²) in [5, 5.41) is 4.39. The molecule has 5 rings (SSSR count). The topological polar surface area (TPSA) is 81.7 Å². The zero-order valence-electron chi connectivity index (χ0n) is 17.6. The second-order valence-corrected chi connectivity index (χ2v) is 8.11. The van der Waals surface area contributed by atoms with Gasteiger partial charge in [0.05, 0.1) is 24.4 Å². The number of halogens is 1. The highest BCUT2D eigenvalue weighted by Gasteiger charge is 2.20. The molecule has 4 aromatic rings. The SMILES string of the molecule is Cc1c(CC(=O)NC[C@@H]2CCCO2)c(=O)oc2cc3occ(-c4ccc(F)cc4)c3cc12. The van der Waals surface area contributed by atoms with E-state index in [2.05, 4.69) is 5.32 Å². The van der Waals surface area contributed by atoms with Crippen LogP contribution in [-0.2, 0) is 16.0 Å². The van der Waals surface area contributed by atoms with Crippen LogP contribution in [0.4, 0.5) is 4.39 Å². The third-order valence-electron chi connectivity index (χ3n) is 6.02. The van der Waals surface area contributed by atoms with Crippen LogP contribution in [-0.4, -0.2) is 25.2 Å². The number of fused-ring (bicyclic) bond motifs is 2. The summed E-state index contributed by atoms with van der Waals surface area (Å²) in [7, 11) is 0. The highest BCUT2D eigenvalue weighted by Crippen LogP contribution is 2.34. The van der Waals surface area contributed by atoms with Crippen LogP contribution in [0.3, 0.4) is 0 Å². The van der Waals surface area contributed by atoms with Crippen molar-refractivity contribution in [1.82, 2.24) is 5.32 Å². The quantitative estimate of drug-likeness (QED) is 0.467. The number of hydrogen-bond donors (Lipinski definition) is 1. The van der Waals surface area contributed by atoms with Gasteiger partial charge < -0.3 is 18.9 Å². The van der Waals surface area contributed by atoms with E-state index in [1.165, 1.54) is 12.1 Å². The average Bonchev–Trinajstić information content (AvgIpc) is 3.44. The van der Waals surface area contributed by atoms with E-state index >= 15 is 0 Å². The highest BCUT2D eigenvalue weighted by atomic mass is 19.1. The van der Waals surface area contributed by atoms with Gasteiger partial charge >= 0.3 is 5.63 Å². The molecule has 32 heavy (non-hydrogen) atoms. The van der Waals surface area contributed by atoms with E-state index in [0.717, 1.165) is 41.3 Å². The zero-order valence-corrected chi connectivity index (χ0v) is 17.6. The van der Waals surface area contributed by atoms with Crippen LogP contribution < -0.4 is 10.9 Å². The summed E-state index contributed by atoms with van der Waals surface area (Å²) in [5.74, 6) is -0.557. The Hall–Kier alpha value is -3.45. The molecule has 0 aliphatic carbocycles. The van der Waals surface area contributed by atoms with Gasteiger partial charge in [-0.3, -0.25) is 4.79 Å². The second kappa shape index (κ2) is 8.24. The van der Waals surface area contributed by atoms with E-state index in [-0.39, 0.29) is 24.2 Å². The van der Waals surface area contributed by atoms with Crippen LogP contribution in [0.2, 0.25) is 0 Å². The molecule has 0 saturated carbocycles. The number of rotatable bonds is 5. The molecule has 7 heteroatoms. The summed E-state index contributed by atoms with van der Waals surface area (Å²) in [6, 6.07) is 9.73. The average molecular weight is 435 g/mol. The maximum absolute atomic E-state index is 13.3. The minimum Gasteiger partial charge on any atom is -0.464 e. The molecule has 1 atom stereocenters. The molecular formula is C25H22FNO5. The molecule has 1 amide bonds. The number of amides is 1. The summed E-state index contributed by atoms with van der Waals surface area (Å²) in [6.07, 6.45) is 3.49. The van der Waals surface area contributed by atoms with Crippen molar-refractivity contribution in [3.05, 3.63) is 70.0 Å². The Kier molecular flexibility index (Phi) is 5.27. The normalized spacial score (nSPS) is 16.1. The lowest BCUT2D eigenvalue weighted by Crippen LogP contribution is -2.34. The first kappa shape index (κ1) is 20.5. The maximum atomic E-state index is 13.3. The Morgan fingerprint density at radius 3 is 2.72 bits per heavy atom. The number of nitrogens with one attached hydrogen (secondary N) is 1. The van der Waals surface area contributed by atoms with E-state index in [1.807, 2.05) is 13.0 Å². The molecule has 1 fully saturated rings. The number of carbonyl (C=O) groups is 1. The maximum Gasteiger partial charge on any atom is 0.340 e. The molecular weight excluding hydrogens is 413 g/mol. The van der Waals surface area contributed by atoms with Crippen LogP contribution in [0.5, 0.6) is 0 Å². The lowest BCUT2D eigenvalue weighted by atomic mass is 9.99. The molecule has 1 saturated heterocycles. The molecule has 164 valence electrons. The van der Waals surface area contributed by atoms with Crippen molar-refractivity contribution in [2.75, 3.05) is 13.2 Å². The van der Waals surface area contributed by atoms with Crippen molar-refractivity contribution in [3.63, 3.8) is 0 Å². The lowest BCUT2D eigenvalue weighted by molar-refractivity contribution is -0.121. The molecule has 0 radical (unpaired) electrons. The van der Waals surface area contributed by atoms with Gasteiger partial charge in [-0.1, -0.05) is 12.1 Å². The Morgan fingerprint density at radius 2 is 1.97 bits per heavy atom. The van der Waals surface area contributed by atoms with Crippen molar-refractivity contribution >= 4 is 27.8 Å². The first-order valence-corrected chi connectivity index (χ1v) is 10.6. The number of aryl methyl sites for hydroxylation is 1. The van der Waals surface area contributed by atoms with Gasteiger partial charge in [-0.15, -0.1) is 0 Å². The van der Waals surface area contributed by atoms with E-state index in [0.29, 0.717) is 28.8 Å². The lowest BCUT2D eigenvalue weighted by Gasteiger charge is -2.12. The fourth-order valence-electron chi connectivity index (χ4n) is 4.22. The van der Waals surface area contributed by atoms with Gasteiger partial charge in [0, 0.05) is 35.6 Å². The summed E-state index contributed by atoms with van der Waals surface area (Å²) in [4.78, 5) is 25.1. The van der Waals surface area contributed by atoms with Gasteiger partial charge in [0.25, 0.3) is 0 Å². The monoisotopic (exact) mass is 435 g/mol. The zero-order chi connectivity index (χ0) is 22.2. The summed E-state index contributed by atoms with van der Waals surface area (Å²) >= 11 is 0. The molecule has 1 N–H and O–H groups in total. The second-order valence-electron chi connectivity index (χ2n) is 8.11. The Labute approximate surface area is 183 Å². The molecule has 0 bridgehead atoms. The molecule has 1 aliphatic rings. The van der Waals surface area contributed by atoms with Crippen LogP contribution >= 0.6 is 0 Å². The van der Waals surface area contributed by atoms with Gasteiger partial charge in [-0.25, -0.2) is 9.18 Å². The van der Waals surface area contributed by atoms with Gasteiger partial charge in [-0.2, -0.15) is 0 Å². The third kappa shape index (κ3) is 3.80. The van der Waals surface area contributed by atoms with E-state index in [1.54, 1.807) is 24.5 Å². The van der Waals surface area contributed by atoms with Gasteiger partial charge in [0.15, 0.2) is 0 Å². The van der Waals surface area contributed by atoms with E-state index in [4.69, 9.17) is 13.6 Å². The number of ether oxygens (including phenoxy) is 1. The molecule has 2 aromatic heterocycles. The van der Waals surface area contributed by atoms with Gasteiger partial charge in [0.1, 0.15) is 17.0 Å². The Balaban J connectivity index is 1.50. The summed E-state index contributed by atoms with van der Waals surface area (Å²) in [6.45, 7) is 2.97. The van der Waals surface area contributed by atoms with Crippen molar-refractivity contribution in [3.8, 4) is 11.1 Å². The number of furan rings is 1. The van der Waals surface area contributed by atoms with Crippen molar-refractivity contribution in [1.29, 1.82) is 0 Å². The molecule has 3 heterocycles. The van der Waals surface area contributed by atoms with Crippen molar-refractivity contribution in [2.24, 2.45) is 0 Å². The molecule has 0 unspecified atom stereocenters. The number of benzene rings is 2. The molecule has 0 spiro atoms. The largest absolute Gasteiger partial charge is 0.464 e. The molecule has 2 aromatic carbocycles. The van der Waals surface area contributed by atoms with Gasteiger partial charge in [0.2, 0.25) is 5.91 Å². The first-order chi connectivity index (χ1) is 15.5. The van der Waals surface area contributed by atoms with E-state index in [9.17, 15) is 14.0 Å². The van der Waals surface area contributed by atoms with Crippen molar-refractivity contribution < 1.29 is 22.8 Å². The van der Waals surface area contributed by atoms with E-state index < -0.39 is 5.63 Å². The van der Waals surface area contributed by atoms with Crippen LogP contribution in [0.1, 0.15) is 24.0 Å². The molecule has 6 nitrogen and oxygen atoms in total. The minimum atomic E-state index is -0.535. The summed E-state index contributed by atoms with van der Waals surface area (Å²) in [5.41, 5.74) is 3.05. The first-order valence-electron chi connectivity index (χ1n) is 10.6. The standard InChI is InChI=1S/C25H22FNO5/c1-14-18-9-20-21(15-4-6-16(26)7-5-15)13-31-22(20)11-23(18)32-25(29)19(14)10-24(28)27-12-17-3-2-8-30-17/h4-7,9,11,13,17H,2-3,8,10,12H2,1H3,(H,27,28)/t17-/m0/s1. The minimum absolute atomic E-state index is 0.0346. The summed E-state index contributed by atoms with van der Waals surface area (Å²) < 4.78 is 30.0. The Bertz CT molecular complexity index is 1360. The van der Waals surface area contributed by atoms with Crippen LogP contribution in [0, 0.1) is 12.7 Å². The van der Waals surface area contributed by atoms with Gasteiger partial charge in [-0.05, 0) is 49.1 Å². The fraction of sp³-hybridized carbons (Fsp3) is 0.280. The third-order valence-corrected chi connectivity index (χ3v) is 6.02. The smallest absolute Gasteiger partial charge is 0.340 e. The number of hydrogen-bond acceptors (Lipinski definition) is 5. The molecule has 1 aliphatic heterocycles. The predicted octanol–water partition coefficient (Wildman–Crippen LogP) is 4.49. The van der Waals surface area contributed by atoms with Crippen molar-refractivity contribution in [2.45, 2.75) is 32.3 Å². The van der Waals surface area contributed by atoms with Crippen LogP contribution in [0.15, 0.2) is 56.3 Å². The Morgan fingerprint density at radius 1 is 1.16 bits per heavy atom. The van der Waals surface area contributed by atoms with Crippen LogP contribution in [0.25, 0.3) is 33.1 Å². The highest BCUT2D eigenvalue weighted by molar-refractivity contribution is 6.02. The number of carbonyl (C=O) groups excluding carboxylic acids is 1.